The number of ether oxygens (including phenoxy) is 1. The van der Waals surface area contributed by atoms with Crippen molar-refractivity contribution in [2.24, 2.45) is 0 Å². The summed E-state index contributed by atoms with van der Waals surface area (Å²) in [4.78, 5) is 4.78. The van der Waals surface area contributed by atoms with Crippen molar-refractivity contribution in [3.63, 3.8) is 0 Å². The van der Waals surface area contributed by atoms with E-state index < -0.39 is 0 Å². The van der Waals surface area contributed by atoms with E-state index in [1.807, 2.05) is 30.3 Å². The Labute approximate surface area is 125 Å². The molecule has 0 spiro atoms. The van der Waals surface area contributed by atoms with Gasteiger partial charge in [0.05, 0.1) is 11.4 Å². The van der Waals surface area contributed by atoms with Crippen molar-refractivity contribution in [1.29, 1.82) is 0 Å². The van der Waals surface area contributed by atoms with Crippen molar-refractivity contribution in [1.82, 2.24) is 10.3 Å². The van der Waals surface area contributed by atoms with Gasteiger partial charge in [0.2, 0.25) is 0 Å². The van der Waals surface area contributed by atoms with Crippen LogP contribution in [-0.2, 0) is 6.61 Å². The van der Waals surface area contributed by atoms with Crippen LogP contribution in [0.15, 0.2) is 48.5 Å². The van der Waals surface area contributed by atoms with E-state index in [9.17, 15) is 0 Å². The van der Waals surface area contributed by atoms with Crippen LogP contribution in [0, 0.1) is 6.92 Å². The highest BCUT2D eigenvalue weighted by molar-refractivity contribution is 5.65. The average Bonchev–Trinajstić information content (AvgIpc) is 2.56. The van der Waals surface area contributed by atoms with Crippen LogP contribution in [0.5, 0.6) is 5.75 Å². The Morgan fingerprint density at radius 2 is 2.00 bits per heavy atom. The molecule has 2 aromatic rings. The third-order valence-electron chi connectivity index (χ3n) is 3.68. The summed E-state index contributed by atoms with van der Waals surface area (Å²) in [5.41, 5.74) is 4.50. The normalized spacial score (nSPS) is 14.6. The van der Waals surface area contributed by atoms with Crippen LogP contribution in [0.25, 0.3) is 5.57 Å². The van der Waals surface area contributed by atoms with E-state index >= 15 is 0 Å². The van der Waals surface area contributed by atoms with Crippen LogP contribution in [0.4, 0.5) is 0 Å². The van der Waals surface area contributed by atoms with Crippen LogP contribution < -0.4 is 10.1 Å². The monoisotopic (exact) mass is 280 g/mol. The van der Waals surface area contributed by atoms with E-state index in [0.717, 1.165) is 36.6 Å². The molecule has 0 aliphatic carbocycles. The second kappa shape index (κ2) is 6.55. The summed E-state index contributed by atoms with van der Waals surface area (Å²) in [6.07, 6.45) is 3.34. The summed E-state index contributed by atoms with van der Waals surface area (Å²) in [6, 6.07) is 14.1. The molecule has 21 heavy (non-hydrogen) atoms. The molecule has 1 aliphatic rings. The second-order valence-electron chi connectivity index (χ2n) is 5.26. The Hall–Kier alpha value is -2.13. The van der Waals surface area contributed by atoms with Crippen LogP contribution in [0.1, 0.15) is 23.4 Å². The number of rotatable bonds is 4. The smallest absolute Gasteiger partial charge is 0.130 e. The van der Waals surface area contributed by atoms with Crippen molar-refractivity contribution in [2.45, 2.75) is 20.0 Å². The molecule has 3 nitrogen and oxygen atoms in total. The molecular formula is C18H20N2O. The number of benzene rings is 1. The maximum Gasteiger partial charge on any atom is 0.130 e. The summed E-state index contributed by atoms with van der Waals surface area (Å²) in [5, 5.41) is 3.39. The van der Waals surface area contributed by atoms with Gasteiger partial charge in [-0.3, -0.25) is 0 Å². The lowest BCUT2D eigenvalue weighted by Crippen LogP contribution is -2.22. The third kappa shape index (κ3) is 3.50. The Morgan fingerprint density at radius 3 is 2.76 bits per heavy atom. The second-order valence-corrected chi connectivity index (χ2v) is 5.26. The lowest BCUT2D eigenvalue weighted by molar-refractivity contribution is 0.300. The Balaban J connectivity index is 1.76. The van der Waals surface area contributed by atoms with Crippen LogP contribution in [-0.4, -0.2) is 18.1 Å². The molecule has 108 valence electrons. The van der Waals surface area contributed by atoms with E-state index in [-0.39, 0.29) is 0 Å². The minimum atomic E-state index is 0.504. The molecule has 2 heterocycles. The maximum absolute atomic E-state index is 5.82. The SMILES string of the molecule is Cc1ccc(C2=CCCNC2)nc1COc1ccccc1. The highest BCUT2D eigenvalue weighted by Gasteiger charge is 2.09. The number of nitrogens with zero attached hydrogens (tertiary/aromatic N) is 1. The first-order chi connectivity index (χ1) is 10.3. The minimum Gasteiger partial charge on any atom is -0.487 e. The van der Waals surface area contributed by atoms with E-state index in [0.29, 0.717) is 6.61 Å². The molecule has 0 unspecified atom stereocenters. The molecule has 3 rings (SSSR count). The summed E-state index contributed by atoms with van der Waals surface area (Å²) in [7, 11) is 0. The predicted octanol–water partition coefficient (Wildman–Crippen LogP) is 3.35. The van der Waals surface area contributed by atoms with Gasteiger partial charge < -0.3 is 10.1 Å². The summed E-state index contributed by atoms with van der Waals surface area (Å²) in [5.74, 6) is 0.877. The molecule has 0 amide bonds. The van der Waals surface area contributed by atoms with Gasteiger partial charge >= 0.3 is 0 Å². The predicted molar refractivity (Wildman–Crippen MR) is 85.2 cm³/mol. The van der Waals surface area contributed by atoms with Gasteiger partial charge in [-0.2, -0.15) is 0 Å². The molecular weight excluding hydrogens is 260 g/mol. The van der Waals surface area contributed by atoms with Crippen LogP contribution in [0.2, 0.25) is 0 Å². The van der Waals surface area contributed by atoms with Gasteiger partial charge in [0.15, 0.2) is 0 Å². The molecule has 1 aliphatic heterocycles. The Kier molecular flexibility index (Phi) is 4.31. The van der Waals surface area contributed by atoms with E-state index in [2.05, 4.69) is 30.4 Å². The van der Waals surface area contributed by atoms with Gasteiger partial charge in [-0.1, -0.05) is 30.3 Å². The van der Waals surface area contributed by atoms with Gasteiger partial charge in [0.1, 0.15) is 12.4 Å². The zero-order chi connectivity index (χ0) is 14.5. The number of aromatic nitrogens is 1. The molecule has 1 aromatic heterocycles. The van der Waals surface area contributed by atoms with Crippen molar-refractivity contribution in [3.05, 3.63) is 65.5 Å². The minimum absolute atomic E-state index is 0.504. The van der Waals surface area contributed by atoms with Gasteiger partial charge in [-0.05, 0) is 49.2 Å². The van der Waals surface area contributed by atoms with Crippen molar-refractivity contribution >= 4 is 5.57 Å². The third-order valence-corrected chi connectivity index (χ3v) is 3.68. The molecule has 0 bridgehead atoms. The lowest BCUT2D eigenvalue weighted by Gasteiger charge is -2.15. The maximum atomic E-state index is 5.82. The van der Waals surface area contributed by atoms with Crippen LogP contribution >= 0.6 is 0 Å². The summed E-state index contributed by atoms with van der Waals surface area (Å²) >= 11 is 0. The Bertz CT molecular complexity index is 635. The van der Waals surface area contributed by atoms with Gasteiger partial charge in [-0.25, -0.2) is 4.98 Å². The summed E-state index contributed by atoms with van der Waals surface area (Å²) in [6.45, 7) is 4.53. The number of hydrogen-bond acceptors (Lipinski definition) is 3. The van der Waals surface area contributed by atoms with E-state index in [4.69, 9.17) is 9.72 Å². The summed E-state index contributed by atoms with van der Waals surface area (Å²) < 4.78 is 5.82. The number of hydrogen-bond donors (Lipinski definition) is 1. The number of para-hydroxylation sites is 1. The van der Waals surface area contributed by atoms with E-state index in [1.165, 1.54) is 11.1 Å². The molecule has 3 heteroatoms. The van der Waals surface area contributed by atoms with Crippen LogP contribution in [0.3, 0.4) is 0 Å². The Morgan fingerprint density at radius 1 is 1.14 bits per heavy atom. The van der Waals surface area contributed by atoms with Crippen molar-refractivity contribution in [3.8, 4) is 5.75 Å². The fourth-order valence-corrected chi connectivity index (χ4v) is 2.40. The molecule has 0 atom stereocenters. The highest BCUT2D eigenvalue weighted by Crippen LogP contribution is 2.18. The topological polar surface area (TPSA) is 34.2 Å². The van der Waals surface area contributed by atoms with Crippen molar-refractivity contribution < 1.29 is 4.74 Å². The van der Waals surface area contributed by atoms with Crippen molar-refractivity contribution in [2.75, 3.05) is 13.1 Å². The number of nitrogens with one attached hydrogen (secondary N) is 1. The number of pyridine rings is 1. The zero-order valence-electron chi connectivity index (χ0n) is 12.3. The largest absolute Gasteiger partial charge is 0.487 e. The first-order valence-corrected chi connectivity index (χ1v) is 7.37. The lowest BCUT2D eigenvalue weighted by atomic mass is 10.1. The first kappa shape index (κ1) is 13.8. The number of aryl methyl sites for hydroxylation is 1. The first-order valence-electron chi connectivity index (χ1n) is 7.37. The zero-order valence-corrected chi connectivity index (χ0v) is 12.3. The quantitative estimate of drug-likeness (QED) is 0.932. The molecule has 1 N–H and O–H groups in total. The molecule has 0 radical (unpaired) electrons. The van der Waals surface area contributed by atoms with Gasteiger partial charge in [0, 0.05) is 6.54 Å². The molecule has 0 saturated carbocycles. The van der Waals surface area contributed by atoms with Gasteiger partial charge in [-0.15, -0.1) is 0 Å². The average molecular weight is 280 g/mol. The molecule has 1 aromatic carbocycles. The standard InChI is InChI=1S/C18H20N2O/c1-14-9-10-17(15-6-5-11-19-12-15)20-18(14)13-21-16-7-3-2-4-8-16/h2-4,6-10,19H,5,11-13H2,1H3. The fourth-order valence-electron chi connectivity index (χ4n) is 2.40. The molecule has 0 fully saturated rings. The van der Waals surface area contributed by atoms with E-state index in [1.54, 1.807) is 0 Å². The van der Waals surface area contributed by atoms with Gasteiger partial charge in [0.25, 0.3) is 0 Å². The fraction of sp³-hybridized carbons (Fsp3) is 0.278. The highest BCUT2D eigenvalue weighted by atomic mass is 16.5. The molecule has 0 saturated heterocycles.